The zero-order valence-electron chi connectivity index (χ0n) is 9.08. The molecule has 84 valence electrons. The molecule has 0 bridgehead atoms. The van der Waals surface area contributed by atoms with Gasteiger partial charge in [-0.05, 0) is 12.8 Å². The van der Waals surface area contributed by atoms with Crippen LogP contribution in [-0.4, -0.2) is 44.3 Å². The minimum absolute atomic E-state index is 0.222. The van der Waals surface area contributed by atoms with Crippen LogP contribution < -0.4 is 5.32 Å². The Hall–Kier alpha value is -0.160. The van der Waals surface area contributed by atoms with Crippen LogP contribution in [0.3, 0.4) is 0 Å². The molecule has 4 heteroatoms. The Morgan fingerprint density at radius 1 is 1.29 bits per heavy atom. The summed E-state index contributed by atoms with van der Waals surface area (Å²) in [5, 5.41) is 13.2. The Morgan fingerprint density at radius 2 is 1.86 bits per heavy atom. The molecule has 0 radical (unpaired) electrons. The van der Waals surface area contributed by atoms with Crippen LogP contribution in [0.15, 0.2) is 0 Å². The molecule has 0 atom stereocenters. The highest BCUT2D eigenvalue weighted by Crippen LogP contribution is 2.28. The molecule has 0 aromatic carbocycles. The molecule has 0 aromatic heterocycles. The van der Waals surface area contributed by atoms with Gasteiger partial charge in [0, 0.05) is 27.3 Å². The summed E-state index contributed by atoms with van der Waals surface area (Å²) < 4.78 is 10.1. The van der Waals surface area contributed by atoms with E-state index in [1.165, 1.54) is 0 Å². The predicted octanol–water partition coefficient (Wildman–Crippen LogP) is 0.500. The molecule has 0 heterocycles. The Balaban J connectivity index is 2.13. The van der Waals surface area contributed by atoms with Gasteiger partial charge in [0.15, 0.2) is 6.29 Å². The molecule has 4 nitrogen and oxygen atoms in total. The molecule has 1 aliphatic carbocycles. The van der Waals surface area contributed by atoms with E-state index in [0.717, 1.165) is 25.7 Å². The third kappa shape index (κ3) is 3.53. The molecular weight excluding hydrogens is 182 g/mol. The predicted molar refractivity (Wildman–Crippen MR) is 54.1 cm³/mol. The molecule has 0 aliphatic heterocycles. The summed E-state index contributed by atoms with van der Waals surface area (Å²) in [6.45, 7) is 1.26. The van der Waals surface area contributed by atoms with Crippen LogP contribution >= 0.6 is 0 Å². The van der Waals surface area contributed by atoms with Crippen LogP contribution in [0.4, 0.5) is 0 Å². The Morgan fingerprint density at radius 3 is 2.36 bits per heavy atom. The van der Waals surface area contributed by atoms with Crippen molar-refractivity contribution in [2.45, 2.75) is 37.6 Å². The number of ether oxygens (including phenoxy) is 2. The fraction of sp³-hybridized carbons (Fsp3) is 1.00. The molecule has 1 saturated carbocycles. The van der Waals surface area contributed by atoms with E-state index in [4.69, 9.17) is 9.47 Å². The molecule has 1 rings (SSSR count). The number of nitrogens with one attached hydrogen (secondary N) is 1. The monoisotopic (exact) mass is 203 g/mol. The molecule has 1 fully saturated rings. The number of hydrogen-bond donors (Lipinski definition) is 2. The zero-order chi connectivity index (χ0) is 10.4. The highest BCUT2D eigenvalue weighted by atomic mass is 16.7. The van der Waals surface area contributed by atoms with Gasteiger partial charge in [-0.2, -0.15) is 0 Å². The molecule has 0 aromatic rings. The summed E-state index contributed by atoms with van der Waals surface area (Å²) in [6, 6.07) is 0. The number of aliphatic hydroxyl groups is 1. The SMILES string of the molecule is COC(CNCC1(O)CCCC1)OC. The summed E-state index contributed by atoms with van der Waals surface area (Å²) in [6.07, 6.45) is 3.86. The molecule has 0 unspecified atom stereocenters. The van der Waals surface area contributed by atoms with Crippen LogP contribution in [0, 0.1) is 0 Å². The van der Waals surface area contributed by atoms with Crippen LogP contribution in [0.2, 0.25) is 0 Å². The first-order valence-electron chi connectivity index (χ1n) is 5.19. The minimum atomic E-state index is -0.494. The van der Waals surface area contributed by atoms with Crippen molar-refractivity contribution >= 4 is 0 Å². The quantitative estimate of drug-likeness (QED) is 0.617. The van der Waals surface area contributed by atoms with E-state index in [0.29, 0.717) is 13.1 Å². The lowest BCUT2D eigenvalue weighted by atomic mass is 10.0. The van der Waals surface area contributed by atoms with Crippen molar-refractivity contribution in [2.24, 2.45) is 0 Å². The Labute approximate surface area is 85.6 Å². The molecule has 0 amide bonds. The Bertz CT molecular complexity index is 153. The van der Waals surface area contributed by atoms with E-state index in [1.807, 2.05) is 0 Å². The van der Waals surface area contributed by atoms with E-state index in [2.05, 4.69) is 5.32 Å². The van der Waals surface area contributed by atoms with Crippen molar-refractivity contribution in [1.82, 2.24) is 5.32 Å². The standard InChI is InChI=1S/C10H21NO3/c1-13-9(14-2)7-11-8-10(12)5-3-4-6-10/h9,11-12H,3-8H2,1-2H3. The van der Waals surface area contributed by atoms with Crippen molar-refractivity contribution in [3.63, 3.8) is 0 Å². The highest BCUT2D eigenvalue weighted by Gasteiger charge is 2.30. The molecule has 0 saturated heterocycles. The van der Waals surface area contributed by atoms with E-state index < -0.39 is 5.60 Å². The van der Waals surface area contributed by atoms with Crippen LogP contribution in [-0.2, 0) is 9.47 Å². The smallest absolute Gasteiger partial charge is 0.169 e. The lowest BCUT2D eigenvalue weighted by molar-refractivity contribution is -0.101. The number of methoxy groups -OCH3 is 2. The van der Waals surface area contributed by atoms with Gasteiger partial charge in [-0.3, -0.25) is 0 Å². The summed E-state index contributed by atoms with van der Waals surface area (Å²) in [5.41, 5.74) is -0.494. The second kappa shape index (κ2) is 5.66. The lowest BCUT2D eigenvalue weighted by Crippen LogP contribution is -2.41. The summed E-state index contributed by atoms with van der Waals surface area (Å²) >= 11 is 0. The van der Waals surface area contributed by atoms with E-state index >= 15 is 0 Å². The first kappa shape index (κ1) is 11.9. The van der Waals surface area contributed by atoms with Gasteiger partial charge in [0.05, 0.1) is 5.60 Å². The summed E-state index contributed by atoms with van der Waals surface area (Å²) in [5.74, 6) is 0. The maximum absolute atomic E-state index is 10.0. The second-order valence-electron chi connectivity index (χ2n) is 3.96. The summed E-state index contributed by atoms with van der Waals surface area (Å²) in [4.78, 5) is 0. The number of hydrogen-bond acceptors (Lipinski definition) is 4. The minimum Gasteiger partial charge on any atom is -0.389 e. The fourth-order valence-electron chi connectivity index (χ4n) is 1.90. The topological polar surface area (TPSA) is 50.7 Å². The largest absolute Gasteiger partial charge is 0.389 e. The third-order valence-corrected chi connectivity index (χ3v) is 2.83. The maximum Gasteiger partial charge on any atom is 0.169 e. The average Bonchev–Trinajstić information content (AvgIpc) is 2.60. The van der Waals surface area contributed by atoms with Gasteiger partial charge in [-0.1, -0.05) is 12.8 Å². The molecule has 0 spiro atoms. The van der Waals surface area contributed by atoms with Crippen molar-refractivity contribution < 1.29 is 14.6 Å². The fourth-order valence-corrected chi connectivity index (χ4v) is 1.90. The van der Waals surface area contributed by atoms with Gasteiger partial charge in [0.1, 0.15) is 0 Å². The van der Waals surface area contributed by atoms with Crippen molar-refractivity contribution in [2.75, 3.05) is 27.3 Å². The molecule has 2 N–H and O–H groups in total. The van der Waals surface area contributed by atoms with Gasteiger partial charge in [-0.15, -0.1) is 0 Å². The normalized spacial score (nSPS) is 20.6. The van der Waals surface area contributed by atoms with Crippen molar-refractivity contribution in [3.8, 4) is 0 Å². The Kier molecular flexibility index (Phi) is 4.81. The van der Waals surface area contributed by atoms with Gasteiger partial charge in [0.25, 0.3) is 0 Å². The molecule has 1 aliphatic rings. The first-order chi connectivity index (χ1) is 6.70. The van der Waals surface area contributed by atoms with E-state index in [-0.39, 0.29) is 6.29 Å². The van der Waals surface area contributed by atoms with Crippen LogP contribution in [0.25, 0.3) is 0 Å². The highest BCUT2D eigenvalue weighted by molar-refractivity contribution is 4.86. The first-order valence-corrected chi connectivity index (χ1v) is 5.19. The molecule has 14 heavy (non-hydrogen) atoms. The van der Waals surface area contributed by atoms with Crippen molar-refractivity contribution in [3.05, 3.63) is 0 Å². The van der Waals surface area contributed by atoms with Crippen molar-refractivity contribution in [1.29, 1.82) is 0 Å². The zero-order valence-corrected chi connectivity index (χ0v) is 9.08. The van der Waals surface area contributed by atoms with Gasteiger partial charge < -0.3 is 19.9 Å². The van der Waals surface area contributed by atoms with Crippen LogP contribution in [0.1, 0.15) is 25.7 Å². The average molecular weight is 203 g/mol. The van der Waals surface area contributed by atoms with Gasteiger partial charge in [-0.25, -0.2) is 0 Å². The van der Waals surface area contributed by atoms with E-state index in [9.17, 15) is 5.11 Å². The number of rotatable bonds is 6. The lowest BCUT2D eigenvalue weighted by Gasteiger charge is -2.23. The summed E-state index contributed by atoms with van der Waals surface area (Å²) in [7, 11) is 3.22. The van der Waals surface area contributed by atoms with E-state index in [1.54, 1.807) is 14.2 Å². The third-order valence-electron chi connectivity index (χ3n) is 2.83. The van der Waals surface area contributed by atoms with Crippen LogP contribution in [0.5, 0.6) is 0 Å². The maximum atomic E-state index is 10.0. The van der Waals surface area contributed by atoms with Gasteiger partial charge >= 0.3 is 0 Å². The molecular formula is C10H21NO3. The van der Waals surface area contributed by atoms with Gasteiger partial charge in [0.2, 0.25) is 0 Å². The second-order valence-corrected chi connectivity index (χ2v) is 3.96.